The van der Waals surface area contributed by atoms with Crippen molar-refractivity contribution in [3.8, 4) is 0 Å². The van der Waals surface area contributed by atoms with E-state index in [1.807, 2.05) is 91.0 Å². The first-order valence-corrected chi connectivity index (χ1v) is 13.8. The Hall–Kier alpha value is -3.68. The van der Waals surface area contributed by atoms with Crippen LogP contribution in [0.4, 0.5) is 4.79 Å². The molecule has 0 radical (unpaired) electrons. The number of carbonyl (C=O) groups excluding carboxylic acids is 2. The van der Waals surface area contributed by atoms with Crippen molar-refractivity contribution in [3.63, 3.8) is 0 Å². The van der Waals surface area contributed by atoms with E-state index in [2.05, 4.69) is 10.6 Å². The van der Waals surface area contributed by atoms with Crippen molar-refractivity contribution in [3.05, 3.63) is 108 Å². The highest BCUT2D eigenvalue weighted by atomic mass is 16.6. The van der Waals surface area contributed by atoms with Gasteiger partial charge in [0.1, 0.15) is 5.60 Å². The maximum absolute atomic E-state index is 13.6. The van der Waals surface area contributed by atoms with Crippen LogP contribution in [0.15, 0.2) is 91.0 Å². The first kappa shape index (κ1) is 30.9. The predicted molar refractivity (Wildman–Crippen MR) is 157 cm³/mol. The molecule has 214 valence electrons. The lowest BCUT2D eigenvalue weighted by Gasteiger charge is -2.29. The quantitative estimate of drug-likeness (QED) is 0.253. The van der Waals surface area contributed by atoms with E-state index in [0.717, 1.165) is 16.7 Å². The van der Waals surface area contributed by atoms with E-state index in [4.69, 9.17) is 4.74 Å². The van der Waals surface area contributed by atoms with Crippen molar-refractivity contribution in [2.24, 2.45) is 5.92 Å². The molecule has 4 atom stereocenters. The molecule has 0 saturated carbocycles. The Labute approximate surface area is 237 Å². The molecule has 0 saturated heterocycles. The highest BCUT2D eigenvalue weighted by Gasteiger charge is 2.31. The summed E-state index contributed by atoms with van der Waals surface area (Å²) in [5.41, 5.74) is 2.21. The van der Waals surface area contributed by atoms with Gasteiger partial charge in [0.25, 0.3) is 0 Å². The van der Waals surface area contributed by atoms with Gasteiger partial charge in [-0.15, -0.1) is 0 Å². The van der Waals surface area contributed by atoms with E-state index < -0.39 is 35.8 Å². The van der Waals surface area contributed by atoms with E-state index in [-0.39, 0.29) is 18.9 Å². The monoisotopic (exact) mass is 546 g/mol. The number of benzene rings is 3. The number of aliphatic hydroxyl groups is 2. The van der Waals surface area contributed by atoms with Crippen molar-refractivity contribution in [1.29, 1.82) is 0 Å². The molecular formula is C33H42N2O5. The van der Waals surface area contributed by atoms with Gasteiger partial charge in [0.2, 0.25) is 5.91 Å². The molecule has 1 unspecified atom stereocenters. The Balaban J connectivity index is 1.79. The van der Waals surface area contributed by atoms with Crippen LogP contribution < -0.4 is 10.6 Å². The normalized spacial score (nSPS) is 14.4. The minimum absolute atomic E-state index is 0.109. The van der Waals surface area contributed by atoms with Gasteiger partial charge in [0, 0.05) is 5.92 Å². The largest absolute Gasteiger partial charge is 0.444 e. The molecule has 0 aliphatic heterocycles. The smallest absolute Gasteiger partial charge is 0.407 e. The summed E-state index contributed by atoms with van der Waals surface area (Å²) in [6.45, 7) is 5.13. The molecule has 7 heteroatoms. The van der Waals surface area contributed by atoms with Crippen LogP contribution in [0.1, 0.15) is 43.9 Å². The molecule has 7 nitrogen and oxygen atoms in total. The summed E-state index contributed by atoms with van der Waals surface area (Å²) in [5, 5.41) is 27.3. The molecule has 0 aliphatic carbocycles. The fourth-order valence-corrected chi connectivity index (χ4v) is 4.63. The zero-order valence-corrected chi connectivity index (χ0v) is 23.6. The second-order valence-corrected chi connectivity index (χ2v) is 11.2. The van der Waals surface area contributed by atoms with E-state index in [9.17, 15) is 19.8 Å². The molecule has 0 spiro atoms. The van der Waals surface area contributed by atoms with Crippen LogP contribution in [0.5, 0.6) is 0 Å². The van der Waals surface area contributed by atoms with E-state index in [0.29, 0.717) is 19.3 Å². The van der Waals surface area contributed by atoms with Crippen LogP contribution in [0.25, 0.3) is 0 Å². The average molecular weight is 547 g/mol. The molecule has 40 heavy (non-hydrogen) atoms. The number of hydrogen-bond acceptors (Lipinski definition) is 5. The Morgan fingerprint density at radius 2 is 1.23 bits per heavy atom. The molecule has 0 heterocycles. The summed E-state index contributed by atoms with van der Waals surface area (Å²) in [4.78, 5) is 26.3. The van der Waals surface area contributed by atoms with Gasteiger partial charge < -0.3 is 25.6 Å². The van der Waals surface area contributed by atoms with Crippen LogP contribution in [-0.2, 0) is 28.8 Å². The second-order valence-electron chi connectivity index (χ2n) is 11.2. The zero-order valence-electron chi connectivity index (χ0n) is 23.6. The Kier molecular flexibility index (Phi) is 11.7. The van der Waals surface area contributed by atoms with Crippen LogP contribution in [-0.4, -0.2) is 52.6 Å². The van der Waals surface area contributed by atoms with Gasteiger partial charge in [-0.2, -0.15) is 0 Å². The van der Waals surface area contributed by atoms with Gasteiger partial charge in [0.15, 0.2) is 0 Å². The first-order valence-electron chi connectivity index (χ1n) is 13.8. The van der Waals surface area contributed by atoms with Crippen LogP contribution in [0, 0.1) is 5.92 Å². The summed E-state index contributed by atoms with van der Waals surface area (Å²) in [7, 11) is 0. The zero-order chi connectivity index (χ0) is 29.0. The third-order valence-corrected chi connectivity index (χ3v) is 6.58. The van der Waals surface area contributed by atoms with E-state index in [1.54, 1.807) is 20.8 Å². The highest BCUT2D eigenvalue weighted by molar-refractivity contribution is 5.79. The number of alkyl carbamates (subject to hydrolysis) is 1. The summed E-state index contributed by atoms with van der Waals surface area (Å²) < 4.78 is 5.46. The second kappa shape index (κ2) is 15.2. The third-order valence-electron chi connectivity index (χ3n) is 6.58. The van der Waals surface area contributed by atoms with Crippen molar-refractivity contribution in [1.82, 2.24) is 10.6 Å². The van der Waals surface area contributed by atoms with Crippen molar-refractivity contribution >= 4 is 12.0 Å². The van der Waals surface area contributed by atoms with Crippen LogP contribution in [0.2, 0.25) is 0 Å². The molecule has 2 amide bonds. The molecule has 3 aromatic rings. The van der Waals surface area contributed by atoms with E-state index in [1.165, 1.54) is 0 Å². The minimum atomic E-state index is -1.03. The molecular weight excluding hydrogens is 504 g/mol. The van der Waals surface area contributed by atoms with Gasteiger partial charge >= 0.3 is 6.09 Å². The molecule has 4 N–H and O–H groups in total. The van der Waals surface area contributed by atoms with Gasteiger partial charge in [0.05, 0.1) is 24.8 Å². The predicted octanol–water partition coefficient (Wildman–Crippen LogP) is 4.45. The summed E-state index contributed by atoms with van der Waals surface area (Å²) in [6.07, 6.45) is -0.294. The van der Waals surface area contributed by atoms with Gasteiger partial charge in [-0.3, -0.25) is 4.79 Å². The Morgan fingerprint density at radius 1 is 0.750 bits per heavy atom. The van der Waals surface area contributed by atoms with Gasteiger partial charge in [-0.1, -0.05) is 91.0 Å². The first-order chi connectivity index (χ1) is 19.1. The Bertz CT molecular complexity index is 1170. The Morgan fingerprint density at radius 3 is 1.70 bits per heavy atom. The maximum Gasteiger partial charge on any atom is 0.407 e. The summed E-state index contributed by atoms with van der Waals surface area (Å²) in [6, 6.07) is 27.7. The average Bonchev–Trinajstić information content (AvgIpc) is 2.92. The molecule has 0 fully saturated rings. The summed E-state index contributed by atoms with van der Waals surface area (Å²) >= 11 is 0. The molecule has 0 bridgehead atoms. The number of ether oxygens (including phenoxy) is 1. The number of rotatable bonds is 13. The lowest BCUT2D eigenvalue weighted by molar-refractivity contribution is -0.127. The lowest BCUT2D eigenvalue weighted by Crippen LogP contribution is -2.49. The SMILES string of the molecule is CC(C)(C)OC(=O)NC(Cc1ccccc1)[C@@H](O)C[C@@H](Cc1ccccc1)C(=O)N[C@H](CO)Cc1ccccc1. The third kappa shape index (κ3) is 10.8. The van der Waals surface area contributed by atoms with Crippen LogP contribution in [0.3, 0.4) is 0 Å². The summed E-state index contributed by atoms with van der Waals surface area (Å²) in [5.74, 6) is -0.852. The van der Waals surface area contributed by atoms with Crippen LogP contribution >= 0.6 is 0 Å². The van der Waals surface area contributed by atoms with Gasteiger partial charge in [-0.25, -0.2) is 4.79 Å². The number of nitrogens with one attached hydrogen (secondary N) is 2. The van der Waals surface area contributed by atoms with Gasteiger partial charge in [-0.05, 0) is 63.1 Å². The molecule has 0 aromatic heterocycles. The number of carbonyl (C=O) groups is 2. The standard InChI is InChI=1S/C33H42N2O5/c1-33(2,3)40-32(39)35-29(21-26-17-11-6-12-18-26)30(37)22-27(19-24-13-7-4-8-14-24)31(38)34-28(23-36)20-25-15-9-5-10-16-25/h4-18,27-30,36-37H,19-23H2,1-3H3,(H,34,38)(H,35,39)/t27-,28+,29?,30+/m1/s1. The van der Waals surface area contributed by atoms with Crippen molar-refractivity contribution < 1.29 is 24.5 Å². The molecule has 3 rings (SSSR count). The van der Waals surface area contributed by atoms with Crippen molar-refractivity contribution in [2.45, 2.75) is 70.2 Å². The molecule has 0 aliphatic rings. The van der Waals surface area contributed by atoms with E-state index >= 15 is 0 Å². The fourth-order valence-electron chi connectivity index (χ4n) is 4.63. The fraction of sp³-hybridized carbons (Fsp3) is 0.394. The van der Waals surface area contributed by atoms with Crippen molar-refractivity contribution in [2.75, 3.05) is 6.61 Å². The highest BCUT2D eigenvalue weighted by Crippen LogP contribution is 2.20. The maximum atomic E-state index is 13.6. The number of aliphatic hydroxyl groups excluding tert-OH is 2. The molecule has 3 aromatic carbocycles. The number of amides is 2. The minimum Gasteiger partial charge on any atom is -0.444 e. The lowest BCUT2D eigenvalue weighted by atomic mass is 9.88. The topological polar surface area (TPSA) is 108 Å². The number of hydrogen-bond donors (Lipinski definition) is 4.